The van der Waals surface area contributed by atoms with Gasteiger partial charge >= 0.3 is 11.9 Å². The standard InChI is InChI=1S/C34H32O4/c1-33(2)27-13-5-23(6-14-27)21-37-31(35)25-9-17-29(18-10-25)34(3,4)30-19-11-26(12-20-30)32(36)38-22-24-7-15-28(33)16-8-24/h5-20H,21-22H2,1-4H3. The fourth-order valence-electron chi connectivity index (χ4n) is 4.88. The molecule has 7 heterocycles. The lowest BCUT2D eigenvalue weighted by Crippen LogP contribution is -2.19. The number of ether oxygens (including phenoxy) is 2. The number of esters is 2. The fourth-order valence-corrected chi connectivity index (χ4v) is 4.88. The Labute approximate surface area is 224 Å². The second-order valence-electron chi connectivity index (χ2n) is 11.0. The molecule has 38 heavy (non-hydrogen) atoms. The van der Waals surface area contributed by atoms with Crippen LogP contribution in [-0.4, -0.2) is 11.9 Å². The topological polar surface area (TPSA) is 52.6 Å². The van der Waals surface area contributed by atoms with Gasteiger partial charge in [0.15, 0.2) is 0 Å². The molecule has 0 N–H and O–H groups in total. The van der Waals surface area contributed by atoms with Crippen molar-refractivity contribution in [2.75, 3.05) is 0 Å². The average Bonchev–Trinajstić information content (AvgIpc) is 2.94. The fraction of sp³-hybridized carbons (Fsp3) is 0.235. The summed E-state index contributed by atoms with van der Waals surface area (Å²) in [4.78, 5) is 25.5. The smallest absolute Gasteiger partial charge is 0.338 e. The van der Waals surface area contributed by atoms with Crippen LogP contribution in [0.1, 0.15) is 81.8 Å². The van der Waals surface area contributed by atoms with E-state index in [1.165, 1.54) is 0 Å². The first-order valence-corrected chi connectivity index (χ1v) is 12.9. The van der Waals surface area contributed by atoms with Gasteiger partial charge in [0.25, 0.3) is 0 Å². The van der Waals surface area contributed by atoms with E-state index in [-0.39, 0.29) is 36.0 Å². The molecule has 0 saturated heterocycles. The molecule has 4 nitrogen and oxygen atoms in total. The van der Waals surface area contributed by atoms with E-state index < -0.39 is 0 Å². The molecule has 0 aromatic heterocycles. The Kier molecular flexibility index (Phi) is 6.66. The number of hydrogen-bond donors (Lipinski definition) is 0. The van der Waals surface area contributed by atoms with Crippen LogP contribution in [0.3, 0.4) is 0 Å². The van der Waals surface area contributed by atoms with Gasteiger partial charge in [-0.2, -0.15) is 0 Å². The Morgan fingerprint density at radius 2 is 0.711 bits per heavy atom. The molecule has 11 rings (SSSR count). The van der Waals surface area contributed by atoms with Crippen molar-refractivity contribution in [1.29, 1.82) is 0 Å². The van der Waals surface area contributed by atoms with E-state index in [2.05, 4.69) is 52.0 Å². The SMILES string of the molecule is CC1(C)c2ccc(cc2)COC(=O)c2ccc(cc2)C(C)(C)c2ccc(cc2)C(=O)OCc2ccc1cc2. The van der Waals surface area contributed by atoms with Crippen molar-refractivity contribution < 1.29 is 19.1 Å². The number of rotatable bonds is 0. The van der Waals surface area contributed by atoms with Crippen LogP contribution in [0.15, 0.2) is 97.1 Å². The third-order valence-electron chi connectivity index (χ3n) is 7.78. The molecular formula is C34H32O4. The van der Waals surface area contributed by atoms with Gasteiger partial charge in [-0.3, -0.25) is 0 Å². The van der Waals surface area contributed by atoms with E-state index in [0.29, 0.717) is 11.1 Å². The summed E-state index contributed by atoms with van der Waals surface area (Å²) < 4.78 is 11.2. The number of benzene rings is 4. The molecule has 7 aliphatic heterocycles. The minimum Gasteiger partial charge on any atom is -0.457 e. The maximum atomic E-state index is 12.7. The lowest BCUT2D eigenvalue weighted by atomic mass is 9.77. The molecule has 0 saturated carbocycles. The third kappa shape index (κ3) is 4.99. The van der Waals surface area contributed by atoms with Gasteiger partial charge in [-0.05, 0) is 57.6 Å². The van der Waals surface area contributed by atoms with Gasteiger partial charge in [-0.25, -0.2) is 9.59 Å². The van der Waals surface area contributed by atoms with E-state index >= 15 is 0 Å². The molecule has 4 aromatic rings. The van der Waals surface area contributed by atoms with Gasteiger partial charge in [0.1, 0.15) is 13.2 Å². The highest BCUT2D eigenvalue weighted by Gasteiger charge is 2.25. The second-order valence-corrected chi connectivity index (χ2v) is 11.0. The van der Waals surface area contributed by atoms with Crippen molar-refractivity contribution >= 4 is 11.9 Å². The first kappa shape index (κ1) is 25.5. The van der Waals surface area contributed by atoms with Gasteiger partial charge in [0, 0.05) is 10.8 Å². The van der Waals surface area contributed by atoms with Crippen LogP contribution in [0, 0.1) is 0 Å². The van der Waals surface area contributed by atoms with Crippen LogP contribution in [0.2, 0.25) is 0 Å². The Morgan fingerprint density at radius 1 is 0.447 bits per heavy atom. The van der Waals surface area contributed by atoms with E-state index in [4.69, 9.17) is 9.47 Å². The van der Waals surface area contributed by atoms with Crippen molar-refractivity contribution in [3.63, 3.8) is 0 Å². The first-order valence-electron chi connectivity index (χ1n) is 12.9. The van der Waals surface area contributed by atoms with Crippen LogP contribution >= 0.6 is 0 Å². The maximum Gasteiger partial charge on any atom is 0.338 e. The van der Waals surface area contributed by atoms with Gasteiger partial charge in [-0.1, -0.05) is 100 Å². The molecule has 8 bridgehead atoms. The molecule has 0 spiro atoms. The molecule has 4 aromatic carbocycles. The average molecular weight is 505 g/mol. The molecule has 0 amide bonds. The zero-order chi connectivity index (χ0) is 26.9. The summed E-state index contributed by atoms with van der Waals surface area (Å²) >= 11 is 0. The summed E-state index contributed by atoms with van der Waals surface area (Å²) in [5, 5.41) is 0. The molecule has 7 aliphatic rings. The van der Waals surface area contributed by atoms with Crippen LogP contribution in [-0.2, 0) is 33.5 Å². The first-order chi connectivity index (χ1) is 18.1. The number of carbonyl (C=O) groups is 2. The molecule has 4 heteroatoms. The minimum atomic E-state index is -0.351. The molecular weight excluding hydrogens is 472 g/mol. The summed E-state index contributed by atoms with van der Waals surface area (Å²) in [6.45, 7) is 9.02. The summed E-state index contributed by atoms with van der Waals surface area (Å²) in [5.41, 5.74) is 6.77. The van der Waals surface area contributed by atoms with Crippen molar-refractivity contribution in [2.24, 2.45) is 0 Å². The quantitative estimate of drug-likeness (QED) is 0.235. The van der Waals surface area contributed by atoms with Crippen LogP contribution in [0.4, 0.5) is 0 Å². The lowest BCUT2D eigenvalue weighted by molar-refractivity contribution is 0.0464. The van der Waals surface area contributed by atoms with Crippen molar-refractivity contribution in [1.82, 2.24) is 0 Å². The predicted octanol–water partition coefficient (Wildman–Crippen LogP) is 7.37. The normalized spacial score (nSPS) is 16.6. The second kappa shape index (κ2) is 9.94. The lowest BCUT2D eigenvalue weighted by Gasteiger charge is -2.27. The Hall–Kier alpha value is -4.18. The highest BCUT2D eigenvalue weighted by atomic mass is 16.5. The third-order valence-corrected chi connectivity index (χ3v) is 7.78. The summed E-state index contributed by atoms with van der Waals surface area (Å²) in [6.07, 6.45) is 0. The summed E-state index contributed by atoms with van der Waals surface area (Å²) in [5.74, 6) is -0.702. The molecule has 0 radical (unpaired) electrons. The number of carbonyl (C=O) groups excluding carboxylic acids is 2. The van der Waals surface area contributed by atoms with Gasteiger partial charge < -0.3 is 9.47 Å². The van der Waals surface area contributed by atoms with Gasteiger partial charge in [-0.15, -0.1) is 0 Å². The number of hydrogen-bond acceptors (Lipinski definition) is 4. The Balaban J connectivity index is 1.49. The highest BCUT2D eigenvalue weighted by molar-refractivity contribution is 5.90. The summed E-state index contributed by atoms with van der Waals surface area (Å²) in [7, 11) is 0. The molecule has 0 atom stereocenters. The molecule has 0 aliphatic carbocycles. The molecule has 0 unspecified atom stereocenters. The monoisotopic (exact) mass is 504 g/mol. The highest BCUT2D eigenvalue weighted by Crippen LogP contribution is 2.33. The van der Waals surface area contributed by atoms with Crippen molar-refractivity contribution in [3.05, 3.63) is 142 Å². The Morgan fingerprint density at radius 3 is 1.00 bits per heavy atom. The maximum absolute atomic E-state index is 12.7. The predicted molar refractivity (Wildman–Crippen MR) is 148 cm³/mol. The molecule has 192 valence electrons. The molecule has 0 fully saturated rings. The van der Waals surface area contributed by atoms with E-state index in [9.17, 15) is 9.59 Å². The van der Waals surface area contributed by atoms with Crippen LogP contribution in [0.5, 0.6) is 0 Å². The van der Waals surface area contributed by atoms with Crippen molar-refractivity contribution in [2.45, 2.75) is 51.7 Å². The summed E-state index contributed by atoms with van der Waals surface area (Å²) in [6, 6.07) is 31.4. The van der Waals surface area contributed by atoms with E-state index in [0.717, 1.165) is 33.4 Å². The van der Waals surface area contributed by atoms with Gasteiger partial charge in [0.2, 0.25) is 0 Å². The van der Waals surface area contributed by atoms with Crippen LogP contribution < -0.4 is 0 Å². The minimum absolute atomic E-state index is 0.215. The van der Waals surface area contributed by atoms with E-state index in [1.54, 1.807) is 24.3 Å². The zero-order valence-electron chi connectivity index (χ0n) is 22.3. The zero-order valence-corrected chi connectivity index (χ0v) is 22.3. The largest absolute Gasteiger partial charge is 0.457 e. The van der Waals surface area contributed by atoms with Crippen LogP contribution in [0.25, 0.3) is 0 Å². The Bertz CT molecular complexity index is 1330. The van der Waals surface area contributed by atoms with Crippen molar-refractivity contribution in [3.8, 4) is 0 Å². The van der Waals surface area contributed by atoms with Gasteiger partial charge in [0.05, 0.1) is 11.1 Å². The van der Waals surface area contributed by atoms with E-state index in [1.807, 2.05) is 48.5 Å².